The maximum absolute atomic E-state index is 12.0. The zero-order valence-electron chi connectivity index (χ0n) is 10.5. The Balaban J connectivity index is 2.06. The first-order chi connectivity index (χ1) is 9.12. The molecule has 0 fully saturated rings. The number of sulfonamides is 1. The molecule has 0 atom stereocenters. The van der Waals surface area contributed by atoms with E-state index < -0.39 is 10.0 Å². The van der Waals surface area contributed by atoms with E-state index in [9.17, 15) is 8.42 Å². The lowest BCUT2D eigenvalue weighted by molar-refractivity contribution is 0.380. The van der Waals surface area contributed by atoms with Gasteiger partial charge in [0.1, 0.15) is 0 Å². The van der Waals surface area contributed by atoms with Gasteiger partial charge >= 0.3 is 0 Å². The van der Waals surface area contributed by atoms with E-state index in [0.29, 0.717) is 12.3 Å². The van der Waals surface area contributed by atoms with Gasteiger partial charge in [0.25, 0.3) is 0 Å². The standard InChI is InChI=1S/C12H15N3O3S/c1-13-8-10-2-4-12(5-3-10)19(16,17)15-9-11-6-7-14-18-11/h2-7,13,15H,8-9H2,1H3. The molecule has 0 radical (unpaired) electrons. The Hall–Kier alpha value is -1.70. The SMILES string of the molecule is CNCc1ccc(S(=O)(=O)NCc2ccno2)cc1. The molecule has 1 aromatic heterocycles. The summed E-state index contributed by atoms with van der Waals surface area (Å²) in [4.78, 5) is 0.229. The lowest BCUT2D eigenvalue weighted by Crippen LogP contribution is -2.23. The van der Waals surface area contributed by atoms with Crippen LogP contribution in [0.4, 0.5) is 0 Å². The van der Waals surface area contributed by atoms with Crippen molar-refractivity contribution in [3.63, 3.8) is 0 Å². The Morgan fingerprint density at radius 2 is 1.89 bits per heavy atom. The van der Waals surface area contributed by atoms with Gasteiger partial charge in [-0.3, -0.25) is 0 Å². The number of hydrogen-bond donors (Lipinski definition) is 2. The first kappa shape index (κ1) is 13.7. The fraction of sp³-hybridized carbons (Fsp3) is 0.250. The number of rotatable bonds is 6. The van der Waals surface area contributed by atoms with Crippen LogP contribution < -0.4 is 10.0 Å². The zero-order valence-corrected chi connectivity index (χ0v) is 11.3. The van der Waals surface area contributed by atoms with Crippen LogP contribution in [0.3, 0.4) is 0 Å². The van der Waals surface area contributed by atoms with E-state index in [1.807, 2.05) is 7.05 Å². The molecule has 0 bridgehead atoms. The van der Waals surface area contributed by atoms with Crippen molar-refractivity contribution in [2.75, 3.05) is 7.05 Å². The molecule has 0 aliphatic carbocycles. The molecule has 2 aromatic rings. The molecule has 0 spiro atoms. The average molecular weight is 281 g/mol. The topological polar surface area (TPSA) is 84.2 Å². The van der Waals surface area contributed by atoms with Crippen molar-refractivity contribution in [3.05, 3.63) is 47.9 Å². The van der Waals surface area contributed by atoms with Gasteiger partial charge in [0.15, 0.2) is 5.76 Å². The van der Waals surface area contributed by atoms with Crippen LogP contribution in [0.15, 0.2) is 45.9 Å². The molecule has 0 saturated carbocycles. The van der Waals surface area contributed by atoms with Gasteiger partial charge in [0.05, 0.1) is 17.6 Å². The third kappa shape index (κ3) is 3.63. The maximum atomic E-state index is 12.0. The summed E-state index contributed by atoms with van der Waals surface area (Å²) in [5.74, 6) is 0.468. The zero-order chi connectivity index (χ0) is 13.7. The van der Waals surface area contributed by atoms with E-state index in [1.54, 1.807) is 30.3 Å². The summed E-state index contributed by atoms with van der Waals surface area (Å²) < 4.78 is 31.3. The summed E-state index contributed by atoms with van der Waals surface area (Å²) in [5, 5.41) is 6.51. The van der Waals surface area contributed by atoms with Crippen molar-refractivity contribution in [1.29, 1.82) is 0 Å². The van der Waals surface area contributed by atoms with Gasteiger partial charge < -0.3 is 9.84 Å². The summed E-state index contributed by atoms with van der Waals surface area (Å²) in [5.41, 5.74) is 1.02. The van der Waals surface area contributed by atoms with E-state index in [2.05, 4.69) is 15.2 Å². The maximum Gasteiger partial charge on any atom is 0.240 e. The summed E-state index contributed by atoms with van der Waals surface area (Å²) in [6, 6.07) is 8.32. The molecule has 2 rings (SSSR count). The molecule has 1 aromatic carbocycles. The van der Waals surface area contributed by atoms with Crippen molar-refractivity contribution >= 4 is 10.0 Å². The number of nitrogens with zero attached hydrogens (tertiary/aromatic N) is 1. The summed E-state index contributed by atoms with van der Waals surface area (Å²) >= 11 is 0. The van der Waals surface area contributed by atoms with E-state index in [4.69, 9.17) is 4.52 Å². The largest absolute Gasteiger partial charge is 0.360 e. The first-order valence-electron chi connectivity index (χ1n) is 5.74. The van der Waals surface area contributed by atoms with Crippen molar-refractivity contribution < 1.29 is 12.9 Å². The molecule has 0 unspecified atom stereocenters. The molecule has 2 N–H and O–H groups in total. The van der Waals surface area contributed by atoms with Crippen LogP contribution in [-0.4, -0.2) is 20.6 Å². The highest BCUT2D eigenvalue weighted by atomic mass is 32.2. The normalized spacial score (nSPS) is 11.6. The molecule has 19 heavy (non-hydrogen) atoms. The highest BCUT2D eigenvalue weighted by Crippen LogP contribution is 2.11. The van der Waals surface area contributed by atoms with Crippen LogP contribution in [0.25, 0.3) is 0 Å². The Labute approximate surface area is 111 Å². The van der Waals surface area contributed by atoms with Gasteiger partial charge in [-0.2, -0.15) is 0 Å². The highest BCUT2D eigenvalue weighted by Gasteiger charge is 2.14. The lowest BCUT2D eigenvalue weighted by Gasteiger charge is -2.06. The van der Waals surface area contributed by atoms with Gasteiger partial charge in [-0.25, -0.2) is 13.1 Å². The fourth-order valence-electron chi connectivity index (χ4n) is 1.57. The summed E-state index contributed by atoms with van der Waals surface area (Å²) in [7, 11) is -1.69. The van der Waals surface area contributed by atoms with E-state index in [1.165, 1.54) is 6.20 Å². The minimum atomic E-state index is -3.53. The van der Waals surface area contributed by atoms with Crippen LogP contribution in [0.1, 0.15) is 11.3 Å². The Morgan fingerprint density at radius 1 is 1.16 bits per heavy atom. The number of nitrogens with one attached hydrogen (secondary N) is 2. The monoisotopic (exact) mass is 281 g/mol. The third-order valence-corrected chi connectivity index (χ3v) is 3.96. The molecule has 7 heteroatoms. The van der Waals surface area contributed by atoms with Gasteiger partial charge in [0, 0.05) is 12.6 Å². The van der Waals surface area contributed by atoms with Crippen LogP contribution >= 0.6 is 0 Å². The molecule has 0 amide bonds. The second-order valence-corrected chi connectivity index (χ2v) is 5.74. The average Bonchev–Trinajstić information content (AvgIpc) is 2.91. The third-order valence-electron chi connectivity index (χ3n) is 2.54. The van der Waals surface area contributed by atoms with E-state index in [0.717, 1.165) is 5.56 Å². The van der Waals surface area contributed by atoms with E-state index in [-0.39, 0.29) is 11.4 Å². The summed E-state index contributed by atoms with van der Waals surface area (Å²) in [6.45, 7) is 0.784. The number of hydrogen-bond acceptors (Lipinski definition) is 5. The Bertz CT molecular complexity index is 606. The van der Waals surface area contributed by atoms with Crippen LogP contribution in [0.5, 0.6) is 0 Å². The number of aromatic nitrogens is 1. The molecule has 6 nitrogen and oxygen atoms in total. The fourth-order valence-corrected chi connectivity index (χ4v) is 2.57. The van der Waals surface area contributed by atoms with E-state index >= 15 is 0 Å². The smallest absolute Gasteiger partial charge is 0.240 e. The predicted molar refractivity (Wildman–Crippen MR) is 69.7 cm³/mol. The predicted octanol–water partition coefficient (Wildman–Crippen LogP) is 0.872. The van der Waals surface area contributed by atoms with Crippen molar-refractivity contribution in [3.8, 4) is 0 Å². The second kappa shape index (κ2) is 5.96. The van der Waals surface area contributed by atoms with Crippen LogP contribution in [0, 0.1) is 0 Å². The van der Waals surface area contributed by atoms with Gasteiger partial charge in [-0.1, -0.05) is 17.3 Å². The van der Waals surface area contributed by atoms with Gasteiger partial charge in [-0.05, 0) is 24.7 Å². The molecule has 0 saturated heterocycles. The molecule has 102 valence electrons. The minimum Gasteiger partial charge on any atom is -0.360 e. The number of benzene rings is 1. The van der Waals surface area contributed by atoms with Crippen molar-refractivity contribution in [2.45, 2.75) is 18.0 Å². The second-order valence-electron chi connectivity index (χ2n) is 3.98. The van der Waals surface area contributed by atoms with Crippen LogP contribution in [-0.2, 0) is 23.1 Å². The quantitative estimate of drug-likeness (QED) is 0.821. The van der Waals surface area contributed by atoms with Crippen molar-refractivity contribution in [1.82, 2.24) is 15.2 Å². The minimum absolute atomic E-state index is 0.0839. The lowest BCUT2D eigenvalue weighted by atomic mass is 10.2. The highest BCUT2D eigenvalue weighted by molar-refractivity contribution is 7.89. The van der Waals surface area contributed by atoms with Crippen molar-refractivity contribution in [2.24, 2.45) is 0 Å². The molecular formula is C12H15N3O3S. The molecular weight excluding hydrogens is 266 g/mol. The first-order valence-corrected chi connectivity index (χ1v) is 7.23. The van der Waals surface area contributed by atoms with Gasteiger partial charge in [-0.15, -0.1) is 0 Å². The molecule has 1 heterocycles. The summed E-state index contributed by atoms with van der Waals surface area (Å²) in [6.07, 6.45) is 1.47. The van der Waals surface area contributed by atoms with Gasteiger partial charge in [0.2, 0.25) is 10.0 Å². The molecule has 0 aliphatic heterocycles. The Kier molecular flexibility index (Phi) is 4.31. The van der Waals surface area contributed by atoms with Crippen LogP contribution in [0.2, 0.25) is 0 Å². The Morgan fingerprint density at radius 3 is 2.47 bits per heavy atom. The molecule has 0 aliphatic rings.